The lowest BCUT2D eigenvalue weighted by atomic mass is 9.79. The number of aldehydes is 1. The summed E-state index contributed by atoms with van der Waals surface area (Å²) in [7, 11) is 0. The molecule has 0 aromatic heterocycles. The maximum absolute atomic E-state index is 9.37. The Morgan fingerprint density at radius 1 is 1.13 bits per heavy atom. The Balaban J connectivity index is 0.000000336. The van der Waals surface area contributed by atoms with Gasteiger partial charge in [-0.2, -0.15) is 0 Å². The van der Waals surface area contributed by atoms with Gasteiger partial charge in [-0.05, 0) is 24.7 Å². The van der Waals surface area contributed by atoms with Gasteiger partial charge in [0.25, 0.3) is 0 Å². The van der Waals surface area contributed by atoms with Crippen molar-refractivity contribution in [1.82, 2.24) is 0 Å². The summed E-state index contributed by atoms with van der Waals surface area (Å²) in [6.45, 7) is 3.95. The van der Waals surface area contributed by atoms with Gasteiger partial charge in [0.15, 0.2) is 0 Å². The smallest absolute Gasteiger partial charge is 0.122 e. The molecule has 0 amide bonds. The van der Waals surface area contributed by atoms with E-state index >= 15 is 0 Å². The molecule has 4 heteroatoms. The van der Waals surface area contributed by atoms with Crippen molar-refractivity contribution >= 4 is 6.29 Å². The van der Waals surface area contributed by atoms with Crippen LogP contribution in [0, 0.1) is 11.8 Å². The summed E-state index contributed by atoms with van der Waals surface area (Å²) < 4.78 is 0. The van der Waals surface area contributed by atoms with Gasteiger partial charge < -0.3 is 20.1 Å². The highest BCUT2D eigenvalue weighted by molar-refractivity contribution is 5.49. The summed E-state index contributed by atoms with van der Waals surface area (Å²) >= 11 is 0. The Bertz CT molecular complexity index is 158. The Hall–Kier alpha value is -0.450. The van der Waals surface area contributed by atoms with E-state index in [2.05, 4.69) is 0 Å². The van der Waals surface area contributed by atoms with Crippen molar-refractivity contribution in [2.75, 3.05) is 6.61 Å². The van der Waals surface area contributed by atoms with E-state index in [9.17, 15) is 15.0 Å². The zero-order chi connectivity index (χ0) is 11.8. The molecule has 1 aliphatic rings. The normalized spacial score (nSPS) is 35.3. The van der Waals surface area contributed by atoms with Gasteiger partial charge in [0.2, 0.25) is 0 Å². The van der Waals surface area contributed by atoms with Crippen LogP contribution in [0.25, 0.3) is 0 Å². The fraction of sp³-hybridized carbons (Fsp3) is 0.909. The molecule has 0 radical (unpaired) electrons. The Kier molecular flexibility index (Phi) is 7.56. The van der Waals surface area contributed by atoms with Gasteiger partial charge in [0, 0.05) is 13.0 Å². The first-order chi connectivity index (χ1) is 7.04. The molecule has 4 nitrogen and oxygen atoms in total. The molecule has 0 bridgehead atoms. The zero-order valence-electron chi connectivity index (χ0n) is 9.47. The molecule has 0 aliphatic heterocycles. The van der Waals surface area contributed by atoms with Crippen LogP contribution in [0.15, 0.2) is 0 Å². The maximum atomic E-state index is 9.37. The van der Waals surface area contributed by atoms with Crippen molar-refractivity contribution in [3.63, 3.8) is 0 Å². The van der Waals surface area contributed by atoms with E-state index in [0.29, 0.717) is 6.29 Å². The van der Waals surface area contributed by atoms with Crippen molar-refractivity contribution in [1.29, 1.82) is 0 Å². The van der Waals surface area contributed by atoms with E-state index in [-0.39, 0.29) is 24.9 Å². The van der Waals surface area contributed by atoms with E-state index in [4.69, 9.17) is 5.11 Å². The molecule has 15 heavy (non-hydrogen) atoms. The number of hydrogen-bond acceptors (Lipinski definition) is 4. The minimum Gasteiger partial charge on any atom is -0.396 e. The highest BCUT2D eigenvalue weighted by Crippen LogP contribution is 2.28. The SMILES string of the molecule is CC1CCC(C)C(O)C1O.O=CCCO. The minimum atomic E-state index is -0.497. The minimum absolute atomic E-state index is 0.0243. The third-order valence-corrected chi connectivity index (χ3v) is 2.84. The van der Waals surface area contributed by atoms with Crippen LogP contribution in [-0.2, 0) is 4.79 Å². The molecular formula is C11H22O4. The molecule has 1 aliphatic carbocycles. The van der Waals surface area contributed by atoms with Crippen LogP contribution in [-0.4, -0.2) is 40.4 Å². The first kappa shape index (κ1) is 14.6. The monoisotopic (exact) mass is 218 g/mol. The zero-order valence-corrected chi connectivity index (χ0v) is 9.47. The van der Waals surface area contributed by atoms with Crippen molar-refractivity contribution in [2.24, 2.45) is 11.8 Å². The molecule has 0 aromatic rings. The largest absolute Gasteiger partial charge is 0.396 e. The Labute approximate surface area is 90.9 Å². The van der Waals surface area contributed by atoms with Crippen LogP contribution in [0.4, 0.5) is 0 Å². The van der Waals surface area contributed by atoms with Gasteiger partial charge in [0.1, 0.15) is 6.29 Å². The van der Waals surface area contributed by atoms with Crippen LogP contribution < -0.4 is 0 Å². The summed E-state index contributed by atoms with van der Waals surface area (Å²) in [6, 6.07) is 0. The Morgan fingerprint density at radius 3 is 1.73 bits per heavy atom. The van der Waals surface area contributed by atoms with Crippen molar-refractivity contribution in [3.05, 3.63) is 0 Å². The van der Waals surface area contributed by atoms with E-state index in [1.54, 1.807) is 0 Å². The molecule has 1 fully saturated rings. The van der Waals surface area contributed by atoms with Crippen LogP contribution in [0.2, 0.25) is 0 Å². The highest BCUT2D eigenvalue weighted by Gasteiger charge is 2.32. The number of carbonyl (C=O) groups is 1. The average Bonchev–Trinajstić information content (AvgIpc) is 2.23. The number of aliphatic hydroxyl groups is 3. The second kappa shape index (κ2) is 7.79. The summed E-state index contributed by atoms with van der Waals surface area (Å²) in [5.74, 6) is 0.539. The lowest BCUT2D eigenvalue weighted by Gasteiger charge is -2.33. The first-order valence-electron chi connectivity index (χ1n) is 5.45. The summed E-state index contributed by atoms with van der Waals surface area (Å²) in [5.41, 5.74) is 0. The molecule has 4 unspecified atom stereocenters. The van der Waals surface area contributed by atoms with Crippen molar-refractivity contribution in [3.8, 4) is 0 Å². The van der Waals surface area contributed by atoms with Gasteiger partial charge >= 0.3 is 0 Å². The molecule has 0 saturated heterocycles. The van der Waals surface area contributed by atoms with Crippen molar-refractivity contribution in [2.45, 2.75) is 45.3 Å². The third-order valence-electron chi connectivity index (χ3n) is 2.84. The highest BCUT2D eigenvalue weighted by atomic mass is 16.3. The average molecular weight is 218 g/mol. The molecule has 4 atom stereocenters. The predicted molar refractivity (Wildman–Crippen MR) is 57.3 cm³/mol. The van der Waals surface area contributed by atoms with E-state index in [0.717, 1.165) is 12.8 Å². The topological polar surface area (TPSA) is 77.8 Å². The quantitative estimate of drug-likeness (QED) is 0.584. The summed E-state index contributed by atoms with van der Waals surface area (Å²) in [4.78, 5) is 9.24. The van der Waals surface area contributed by atoms with Gasteiger partial charge in [0.05, 0.1) is 12.2 Å². The number of rotatable bonds is 2. The standard InChI is InChI=1S/C8H16O2.C3H6O2/c1-5-3-4-6(2)8(10)7(5)9;4-2-1-3-5/h5-10H,3-4H2,1-2H3;2,5H,1,3H2. The van der Waals surface area contributed by atoms with E-state index < -0.39 is 12.2 Å². The van der Waals surface area contributed by atoms with Crippen LogP contribution in [0.1, 0.15) is 33.1 Å². The summed E-state index contributed by atoms with van der Waals surface area (Å²) in [6.07, 6.45) is 2.03. The predicted octanol–water partition coefficient (Wildman–Crippen LogP) is 0.342. The second-order valence-corrected chi connectivity index (χ2v) is 4.19. The lowest BCUT2D eigenvalue weighted by molar-refractivity contribution is -0.108. The second-order valence-electron chi connectivity index (χ2n) is 4.19. The molecule has 3 N–H and O–H groups in total. The molecule has 0 aromatic carbocycles. The fourth-order valence-corrected chi connectivity index (χ4v) is 1.59. The third kappa shape index (κ3) is 5.25. The molecule has 1 saturated carbocycles. The van der Waals surface area contributed by atoms with Gasteiger partial charge in [-0.3, -0.25) is 0 Å². The van der Waals surface area contributed by atoms with Crippen molar-refractivity contribution < 1.29 is 20.1 Å². The molecular weight excluding hydrogens is 196 g/mol. The van der Waals surface area contributed by atoms with Gasteiger partial charge in [-0.1, -0.05) is 13.8 Å². The number of carbonyl (C=O) groups excluding carboxylic acids is 1. The lowest BCUT2D eigenvalue weighted by Crippen LogP contribution is -2.41. The van der Waals surface area contributed by atoms with Crippen LogP contribution in [0.5, 0.6) is 0 Å². The number of aliphatic hydroxyl groups excluding tert-OH is 3. The van der Waals surface area contributed by atoms with Gasteiger partial charge in [-0.25, -0.2) is 0 Å². The summed E-state index contributed by atoms with van der Waals surface area (Å²) in [5, 5.41) is 26.6. The maximum Gasteiger partial charge on any atom is 0.122 e. The van der Waals surface area contributed by atoms with Gasteiger partial charge in [-0.15, -0.1) is 0 Å². The Morgan fingerprint density at radius 2 is 1.53 bits per heavy atom. The van der Waals surface area contributed by atoms with E-state index in [1.807, 2.05) is 13.8 Å². The number of hydrogen-bond donors (Lipinski definition) is 3. The fourth-order valence-electron chi connectivity index (χ4n) is 1.59. The van der Waals surface area contributed by atoms with E-state index in [1.165, 1.54) is 0 Å². The molecule has 1 rings (SSSR count). The van der Waals surface area contributed by atoms with Crippen LogP contribution in [0.3, 0.4) is 0 Å². The van der Waals surface area contributed by atoms with Crippen LogP contribution >= 0.6 is 0 Å². The molecule has 90 valence electrons. The molecule has 0 heterocycles. The molecule has 0 spiro atoms. The first-order valence-corrected chi connectivity index (χ1v) is 5.45.